The van der Waals surface area contributed by atoms with Gasteiger partial charge >= 0.3 is 0 Å². The van der Waals surface area contributed by atoms with Crippen molar-refractivity contribution in [2.45, 2.75) is 33.6 Å². The fourth-order valence-corrected chi connectivity index (χ4v) is 4.24. The molecule has 0 fully saturated rings. The largest absolute Gasteiger partial charge is 0.366 e. The third-order valence-corrected chi connectivity index (χ3v) is 6.51. The number of nitrogens with zero attached hydrogens (tertiary/aromatic N) is 4. The first-order valence-electron chi connectivity index (χ1n) is 12.2. The average Bonchev–Trinajstić information content (AvgIpc) is 3.28. The molecule has 0 unspecified atom stereocenters. The zero-order valence-corrected chi connectivity index (χ0v) is 20.7. The van der Waals surface area contributed by atoms with E-state index in [0.29, 0.717) is 5.56 Å². The number of amides is 1. The number of benzene rings is 3. The van der Waals surface area contributed by atoms with Crippen molar-refractivity contribution in [3.63, 3.8) is 0 Å². The van der Waals surface area contributed by atoms with Crippen molar-refractivity contribution in [2.75, 3.05) is 19.6 Å². The predicted molar refractivity (Wildman–Crippen MR) is 141 cm³/mol. The van der Waals surface area contributed by atoms with E-state index in [1.807, 2.05) is 16.8 Å². The summed E-state index contributed by atoms with van der Waals surface area (Å²) in [6.07, 6.45) is 1.61. The molecule has 0 bridgehead atoms. The van der Waals surface area contributed by atoms with Crippen molar-refractivity contribution in [1.29, 1.82) is 0 Å². The van der Waals surface area contributed by atoms with Gasteiger partial charge in [-0.25, -0.2) is 4.68 Å². The van der Waals surface area contributed by atoms with E-state index < -0.39 is 5.91 Å². The number of rotatable bonds is 10. The van der Waals surface area contributed by atoms with Crippen LogP contribution in [0.2, 0.25) is 0 Å². The number of carbonyl (C=O) groups excluding carboxylic acids is 1. The lowest BCUT2D eigenvalue weighted by atomic mass is 10.00. The second-order valence-electron chi connectivity index (χ2n) is 8.82. The van der Waals surface area contributed by atoms with E-state index in [9.17, 15) is 4.79 Å². The molecule has 0 spiro atoms. The molecule has 0 aliphatic rings. The molecule has 6 heteroatoms. The third-order valence-electron chi connectivity index (χ3n) is 6.51. The summed E-state index contributed by atoms with van der Waals surface area (Å²) in [5.74, 6) is -0.414. The van der Waals surface area contributed by atoms with E-state index in [1.54, 1.807) is 12.1 Å². The van der Waals surface area contributed by atoms with Gasteiger partial charge in [0.05, 0.1) is 17.1 Å². The molecule has 0 atom stereocenters. The van der Waals surface area contributed by atoms with Crippen LogP contribution in [-0.2, 0) is 12.8 Å². The monoisotopic (exact) mass is 467 g/mol. The van der Waals surface area contributed by atoms with E-state index in [0.717, 1.165) is 60.7 Å². The van der Waals surface area contributed by atoms with Crippen LogP contribution >= 0.6 is 0 Å². The van der Waals surface area contributed by atoms with Gasteiger partial charge < -0.3 is 10.6 Å². The smallest absolute Gasteiger partial charge is 0.248 e. The summed E-state index contributed by atoms with van der Waals surface area (Å²) in [4.78, 5) is 13.8. The quantitative estimate of drug-likeness (QED) is 0.363. The summed E-state index contributed by atoms with van der Waals surface area (Å²) >= 11 is 0. The minimum atomic E-state index is -0.414. The van der Waals surface area contributed by atoms with Gasteiger partial charge in [0, 0.05) is 24.9 Å². The van der Waals surface area contributed by atoms with Crippen molar-refractivity contribution < 1.29 is 4.79 Å². The average molecular weight is 468 g/mol. The van der Waals surface area contributed by atoms with Crippen LogP contribution in [-0.4, -0.2) is 45.4 Å². The topological polar surface area (TPSA) is 77.0 Å². The van der Waals surface area contributed by atoms with Crippen molar-refractivity contribution >= 4 is 5.91 Å². The normalized spacial score (nSPS) is 11.2. The SMILES string of the molecule is CCN(CC)CCc1nnn(-c2ccc(C)cc2)c1Cc1ccc(-c2ccc(C(N)=O)cc2)cc1. The zero-order valence-electron chi connectivity index (χ0n) is 20.7. The Hall–Kier alpha value is -3.77. The summed E-state index contributed by atoms with van der Waals surface area (Å²) in [5.41, 5.74) is 13.6. The number of likely N-dealkylation sites (N-methyl/N-ethyl adjacent to an activating group) is 1. The summed E-state index contributed by atoms with van der Waals surface area (Å²) < 4.78 is 1.98. The van der Waals surface area contributed by atoms with Crippen LogP contribution in [0.4, 0.5) is 0 Å². The molecule has 180 valence electrons. The first-order valence-corrected chi connectivity index (χ1v) is 12.2. The molecule has 6 nitrogen and oxygen atoms in total. The second kappa shape index (κ2) is 11.1. The lowest BCUT2D eigenvalue weighted by molar-refractivity contribution is 0.100. The van der Waals surface area contributed by atoms with Gasteiger partial charge in [-0.05, 0) is 61.0 Å². The van der Waals surface area contributed by atoms with Crippen molar-refractivity contribution in [3.8, 4) is 16.8 Å². The van der Waals surface area contributed by atoms with Gasteiger partial charge in [0.1, 0.15) is 0 Å². The molecule has 0 saturated heterocycles. The van der Waals surface area contributed by atoms with Gasteiger partial charge in [-0.15, -0.1) is 5.10 Å². The van der Waals surface area contributed by atoms with Crippen LogP contribution < -0.4 is 5.73 Å². The third kappa shape index (κ3) is 5.84. The molecular weight excluding hydrogens is 434 g/mol. The molecule has 4 aromatic rings. The zero-order chi connectivity index (χ0) is 24.8. The van der Waals surface area contributed by atoms with Gasteiger partial charge in [-0.3, -0.25) is 4.79 Å². The number of aromatic nitrogens is 3. The Morgan fingerprint density at radius 2 is 1.49 bits per heavy atom. The van der Waals surface area contributed by atoms with Gasteiger partial charge in [0.25, 0.3) is 0 Å². The molecule has 0 aliphatic heterocycles. The highest BCUT2D eigenvalue weighted by Crippen LogP contribution is 2.23. The Kier molecular flexibility index (Phi) is 7.73. The Labute approximate surface area is 207 Å². The Balaban J connectivity index is 1.60. The molecule has 0 saturated carbocycles. The highest BCUT2D eigenvalue weighted by atomic mass is 16.1. The second-order valence-corrected chi connectivity index (χ2v) is 8.82. The number of nitrogens with two attached hydrogens (primary N) is 1. The lowest BCUT2D eigenvalue weighted by Crippen LogP contribution is -2.25. The Morgan fingerprint density at radius 1 is 0.886 bits per heavy atom. The summed E-state index contributed by atoms with van der Waals surface area (Å²) in [5, 5.41) is 9.13. The Bertz CT molecular complexity index is 1250. The standard InChI is InChI=1S/C29H33N5O/c1-4-33(5-2)19-18-27-28(34(32-31-27)26-16-6-21(3)7-17-26)20-22-8-10-23(11-9-22)24-12-14-25(15-13-24)29(30)35/h6-17H,4-5,18-20H2,1-3H3,(H2,30,35). The summed E-state index contributed by atoms with van der Waals surface area (Å²) in [6.45, 7) is 9.49. The molecule has 1 heterocycles. The van der Waals surface area contributed by atoms with Crippen LogP contribution in [0.1, 0.15) is 46.7 Å². The van der Waals surface area contributed by atoms with Gasteiger partial charge in [-0.2, -0.15) is 0 Å². The highest BCUT2D eigenvalue weighted by Gasteiger charge is 2.16. The first-order chi connectivity index (χ1) is 17.0. The molecule has 3 aromatic carbocycles. The molecule has 1 amide bonds. The maximum absolute atomic E-state index is 11.3. The summed E-state index contributed by atoms with van der Waals surface area (Å²) in [6, 6.07) is 24.3. The minimum absolute atomic E-state index is 0.414. The fraction of sp³-hybridized carbons (Fsp3) is 0.276. The number of aryl methyl sites for hydroxylation is 1. The molecule has 4 rings (SSSR count). The van der Waals surface area contributed by atoms with Gasteiger partial charge in [0.2, 0.25) is 5.91 Å². The molecule has 35 heavy (non-hydrogen) atoms. The van der Waals surface area contributed by atoms with Crippen molar-refractivity contribution in [3.05, 3.63) is 101 Å². The Morgan fingerprint density at radius 3 is 2.06 bits per heavy atom. The predicted octanol–water partition coefficient (Wildman–Crippen LogP) is 4.82. The van der Waals surface area contributed by atoms with E-state index in [1.165, 1.54) is 11.1 Å². The summed E-state index contributed by atoms with van der Waals surface area (Å²) in [7, 11) is 0. The maximum atomic E-state index is 11.3. The number of primary amides is 1. The molecular formula is C29H33N5O. The maximum Gasteiger partial charge on any atom is 0.248 e. The van der Waals surface area contributed by atoms with Crippen LogP contribution in [0.15, 0.2) is 72.8 Å². The van der Waals surface area contributed by atoms with E-state index in [2.05, 4.69) is 84.5 Å². The van der Waals surface area contributed by atoms with Gasteiger partial charge in [0.15, 0.2) is 0 Å². The lowest BCUT2D eigenvalue weighted by Gasteiger charge is -2.17. The number of hydrogen-bond acceptors (Lipinski definition) is 4. The van der Waals surface area contributed by atoms with Crippen molar-refractivity contribution in [2.24, 2.45) is 5.73 Å². The van der Waals surface area contributed by atoms with Crippen LogP contribution in [0, 0.1) is 6.92 Å². The van der Waals surface area contributed by atoms with E-state index >= 15 is 0 Å². The number of hydrogen-bond donors (Lipinski definition) is 1. The number of carbonyl (C=O) groups is 1. The van der Waals surface area contributed by atoms with E-state index in [-0.39, 0.29) is 0 Å². The molecule has 0 radical (unpaired) electrons. The molecule has 2 N–H and O–H groups in total. The molecule has 0 aliphatic carbocycles. The van der Waals surface area contributed by atoms with E-state index in [4.69, 9.17) is 5.73 Å². The van der Waals surface area contributed by atoms with Crippen LogP contribution in [0.5, 0.6) is 0 Å². The van der Waals surface area contributed by atoms with Crippen LogP contribution in [0.25, 0.3) is 16.8 Å². The van der Waals surface area contributed by atoms with Crippen molar-refractivity contribution in [1.82, 2.24) is 19.9 Å². The van der Waals surface area contributed by atoms with Crippen LogP contribution in [0.3, 0.4) is 0 Å². The highest BCUT2D eigenvalue weighted by molar-refractivity contribution is 5.93. The fourth-order valence-electron chi connectivity index (χ4n) is 4.24. The minimum Gasteiger partial charge on any atom is -0.366 e. The first kappa shape index (κ1) is 24.4. The molecule has 1 aromatic heterocycles. The van der Waals surface area contributed by atoms with Gasteiger partial charge in [-0.1, -0.05) is 73.2 Å².